The Morgan fingerprint density at radius 3 is 2.52 bits per heavy atom. The summed E-state index contributed by atoms with van der Waals surface area (Å²) in [6.07, 6.45) is 4.71. The molecule has 2 aromatic carbocycles. The lowest BCUT2D eigenvalue weighted by molar-refractivity contribution is 0.0730. The molecule has 6 nitrogen and oxygen atoms in total. The second-order valence-corrected chi connectivity index (χ2v) is 10.2. The molecular weight excluding hydrogens is 412 g/mol. The molecule has 0 aromatic heterocycles. The number of morpholine rings is 1. The fourth-order valence-corrected chi connectivity index (χ4v) is 6.01. The van der Waals surface area contributed by atoms with Gasteiger partial charge in [-0.05, 0) is 54.8 Å². The molecule has 1 atom stereocenters. The number of ether oxygens (including phenoxy) is 2. The molecule has 0 radical (unpaired) electrons. The lowest BCUT2D eigenvalue weighted by atomic mass is 10.00. The zero-order valence-electron chi connectivity index (χ0n) is 18.2. The average molecular weight is 445 g/mol. The molecule has 2 saturated heterocycles. The van der Waals surface area contributed by atoms with E-state index in [1.165, 1.54) is 29.1 Å². The highest BCUT2D eigenvalue weighted by atomic mass is 32.2. The summed E-state index contributed by atoms with van der Waals surface area (Å²) in [5, 5.41) is 0. The summed E-state index contributed by atoms with van der Waals surface area (Å²) < 4.78 is 38.3. The van der Waals surface area contributed by atoms with Gasteiger partial charge in [0.15, 0.2) is 0 Å². The van der Waals surface area contributed by atoms with Gasteiger partial charge in [0.1, 0.15) is 5.75 Å². The first-order valence-electron chi connectivity index (χ1n) is 11.1. The van der Waals surface area contributed by atoms with Crippen LogP contribution in [0.4, 0.5) is 0 Å². The summed E-state index contributed by atoms with van der Waals surface area (Å²) >= 11 is 0. The fraction of sp³-hybridized carbons (Fsp3) is 0.500. The Labute approximate surface area is 185 Å². The van der Waals surface area contributed by atoms with Crippen LogP contribution in [0.25, 0.3) is 0 Å². The minimum absolute atomic E-state index is 0.327. The summed E-state index contributed by atoms with van der Waals surface area (Å²) in [6.45, 7) is 3.49. The molecule has 0 spiro atoms. The van der Waals surface area contributed by atoms with Gasteiger partial charge in [-0.2, -0.15) is 4.31 Å². The molecule has 2 aliphatic heterocycles. The van der Waals surface area contributed by atoms with E-state index in [0.29, 0.717) is 37.2 Å². The normalized spacial score (nSPS) is 21.5. The van der Waals surface area contributed by atoms with Crippen LogP contribution in [-0.4, -0.2) is 57.6 Å². The number of sulfonamides is 1. The van der Waals surface area contributed by atoms with Crippen LogP contribution >= 0.6 is 0 Å². The predicted octanol–water partition coefficient (Wildman–Crippen LogP) is 3.83. The van der Waals surface area contributed by atoms with E-state index in [1.807, 2.05) is 30.3 Å². The monoisotopic (exact) mass is 444 g/mol. The van der Waals surface area contributed by atoms with Crippen molar-refractivity contribution in [1.82, 2.24) is 9.21 Å². The maximum Gasteiger partial charge on any atom is 0.243 e. The van der Waals surface area contributed by atoms with E-state index in [9.17, 15) is 8.42 Å². The largest absolute Gasteiger partial charge is 0.497 e. The highest BCUT2D eigenvalue weighted by Gasteiger charge is 2.27. The van der Waals surface area contributed by atoms with E-state index in [0.717, 1.165) is 30.8 Å². The Hall–Kier alpha value is -1.93. The highest BCUT2D eigenvalue weighted by Crippen LogP contribution is 2.32. The maximum absolute atomic E-state index is 13.1. The molecule has 0 unspecified atom stereocenters. The van der Waals surface area contributed by atoms with Crippen LogP contribution in [0.5, 0.6) is 5.75 Å². The molecule has 2 heterocycles. The van der Waals surface area contributed by atoms with E-state index in [2.05, 4.69) is 17.0 Å². The van der Waals surface area contributed by atoms with Crippen LogP contribution in [0.2, 0.25) is 0 Å². The topological polar surface area (TPSA) is 59.1 Å². The lowest BCUT2D eigenvalue weighted by Gasteiger charge is -2.31. The van der Waals surface area contributed by atoms with Gasteiger partial charge in [0.2, 0.25) is 10.0 Å². The van der Waals surface area contributed by atoms with Gasteiger partial charge in [-0.1, -0.05) is 37.1 Å². The molecule has 2 aliphatic rings. The van der Waals surface area contributed by atoms with Gasteiger partial charge >= 0.3 is 0 Å². The first kappa shape index (κ1) is 22.3. The van der Waals surface area contributed by atoms with Crippen LogP contribution < -0.4 is 4.74 Å². The zero-order chi connectivity index (χ0) is 21.7. The van der Waals surface area contributed by atoms with Crippen molar-refractivity contribution in [3.05, 3.63) is 59.7 Å². The molecule has 168 valence electrons. The number of nitrogens with zero attached hydrogens (tertiary/aromatic N) is 2. The van der Waals surface area contributed by atoms with Crippen molar-refractivity contribution < 1.29 is 17.9 Å². The predicted molar refractivity (Wildman–Crippen MR) is 121 cm³/mol. The number of rotatable bonds is 6. The van der Waals surface area contributed by atoms with Gasteiger partial charge in [-0.15, -0.1) is 0 Å². The van der Waals surface area contributed by atoms with Crippen LogP contribution in [0.1, 0.15) is 42.9 Å². The number of methoxy groups -OCH3 is 1. The molecule has 0 N–H and O–H groups in total. The summed E-state index contributed by atoms with van der Waals surface area (Å²) in [5.74, 6) is 0.866. The summed E-state index contributed by atoms with van der Waals surface area (Å²) in [7, 11) is -1.80. The molecule has 0 saturated carbocycles. The molecule has 31 heavy (non-hydrogen) atoms. The maximum atomic E-state index is 13.1. The summed E-state index contributed by atoms with van der Waals surface area (Å²) in [5.41, 5.74) is 2.33. The Balaban J connectivity index is 1.55. The van der Waals surface area contributed by atoms with Crippen molar-refractivity contribution in [3.8, 4) is 5.75 Å². The van der Waals surface area contributed by atoms with Gasteiger partial charge in [0.25, 0.3) is 0 Å². The van der Waals surface area contributed by atoms with Gasteiger partial charge in [0, 0.05) is 25.7 Å². The molecule has 7 heteroatoms. The Bertz CT molecular complexity index is 956. The van der Waals surface area contributed by atoms with Crippen molar-refractivity contribution in [2.24, 2.45) is 0 Å². The molecule has 4 rings (SSSR count). The van der Waals surface area contributed by atoms with Crippen molar-refractivity contribution in [2.45, 2.75) is 43.2 Å². The standard InChI is InChI=1S/C24H32N2O4S/c1-29-22-11-9-21(10-12-22)24-8-3-2-4-13-25(24)19-20-6-5-7-23(18-20)31(27,28)26-14-16-30-17-15-26/h5-7,9-12,18,24H,2-4,8,13-17,19H2,1H3/t24-/m1/s1. The van der Waals surface area contributed by atoms with Crippen LogP contribution in [-0.2, 0) is 21.3 Å². The van der Waals surface area contributed by atoms with Crippen molar-refractivity contribution in [1.29, 1.82) is 0 Å². The van der Waals surface area contributed by atoms with Gasteiger partial charge in [-0.3, -0.25) is 4.90 Å². The molecular formula is C24H32N2O4S. The van der Waals surface area contributed by atoms with E-state index in [-0.39, 0.29) is 0 Å². The average Bonchev–Trinajstić information content (AvgIpc) is 3.05. The number of likely N-dealkylation sites (tertiary alicyclic amines) is 1. The smallest absolute Gasteiger partial charge is 0.243 e. The van der Waals surface area contributed by atoms with Crippen molar-refractivity contribution >= 4 is 10.0 Å². The molecule has 2 fully saturated rings. The third kappa shape index (κ3) is 5.29. The number of benzene rings is 2. The second-order valence-electron chi connectivity index (χ2n) is 8.27. The van der Waals surface area contributed by atoms with E-state index < -0.39 is 10.0 Å². The van der Waals surface area contributed by atoms with Gasteiger partial charge < -0.3 is 9.47 Å². The van der Waals surface area contributed by atoms with Crippen LogP contribution in [0.15, 0.2) is 53.4 Å². The van der Waals surface area contributed by atoms with E-state index in [1.54, 1.807) is 13.2 Å². The van der Waals surface area contributed by atoms with E-state index in [4.69, 9.17) is 9.47 Å². The molecule has 0 amide bonds. The quantitative estimate of drug-likeness (QED) is 0.678. The summed E-state index contributed by atoms with van der Waals surface area (Å²) in [6, 6.07) is 16.1. The summed E-state index contributed by atoms with van der Waals surface area (Å²) in [4.78, 5) is 2.87. The van der Waals surface area contributed by atoms with Gasteiger partial charge in [-0.25, -0.2) is 8.42 Å². The molecule has 0 bridgehead atoms. The van der Waals surface area contributed by atoms with Gasteiger partial charge in [0.05, 0.1) is 25.2 Å². The molecule has 0 aliphatic carbocycles. The van der Waals surface area contributed by atoms with Crippen molar-refractivity contribution in [2.75, 3.05) is 40.0 Å². The Kier molecular flexibility index (Phi) is 7.27. The van der Waals surface area contributed by atoms with Crippen LogP contribution in [0.3, 0.4) is 0 Å². The first-order chi connectivity index (χ1) is 15.1. The Morgan fingerprint density at radius 2 is 1.77 bits per heavy atom. The minimum Gasteiger partial charge on any atom is -0.497 e. The number of hydrogen-bond acceptors (Lipinski definition) is 5. The fourth-order valence-electron chi connectivity index (χ4n) is 4.54. The van der Waals surface area contributed by atoms with E-state index >= 15 is 0 Å². The second kappa shape index (κ2) is 10.1. The third-order valence-corrected chi connectivity index (χ3v) is 8.15. The lowest BCUT2D eigenvalue weighted by Crippen LogP contribution is -2.40. The number of hydrogen-bond donors (Lipinski definition) is 0. The first-order valence-corrected chi connectivity index (χ1v) is 12.6. The molecule has 2 aromatic rings. The zero-order valence-corrected chi connectivity index (χ0v) is 19.0. The van der Waals surface area contributed by atoms with Crippen molar-refractivity contribution in [3.63, 3.8) is 0 Å². The third-order valence-electron chi connectivity index (χ3n) is 6.26. The van der Waals surface area contributed by atoms with Crippen LogP contribution in [0, 0.1) is 0 Å². The highest BCUT2D eigenvalue weighted by molar-refractivity contribution is 7.89. The minimum atomic E-state index is -3.49. The Morgan fingerprint density at radius 1 is 1.00 bits per heavy atom. The SMILES string of the molecule is COc1ccc([C@H]2CCCCCN2Cc2cccc(S(=O)(=O)N3CCOCC3)c2)cc1.